The molecule has 0 aromatic carbocycles. The molecule has 0 amide bonds. The van der Waals surface area contributed by atoms with Gasteiger partial charge in [-0.25, -0.2) is 0 Å². The van der Waals surface area contributed by atoms with Crippen molar-refractivity contribution in [1.82, 2.24) is 0 Å². The largest absolute Gasteiger partial charge is 0.392 e. The molecule has 0 aromatic rings. The Morgan fingerprint density at radius 3 is 2.46 bits per heavy atom. The quantitative estimate of drug-likeness (QED) is 0.450. The average molecular weight is 487 g/mol. The summed E-state index contributed by atoms with van der Waals surface area (Å²) in [5.74, 6) is 2.07. The van der Waals surface area contributed by atoms with Gasteiger partial charge in [0, 0.05) is 23.9 Å². The maximum absolute atomic E-state index is 11.0. The summed E-state index contributed by atoms with van der Waals surface area (Å²) in [6, 6.07) is 0. The molecule has 2 N–H and O–H groups in total. The lowest BCUT2D eigenvalue weighted by Gasteiger charge is -2.65. The van der Waals surface area contributed by atoms with Gasteiger partial charge in [-0.05, 0) is 87.4 Å². The lowest BCUT2D eigenvalue weighted by atomic mass is 9.38. The SMILES string of the molecule is COC1O[C@]23C=C[C@@H]4[C@@]1(CC[C@]1(C)[C@@H]([C@H](C)C/C=C/C(C)(C)O)CC[C@@]41C)C2CC[C@H](O)C3(C)C. The van der Waals surface area contributed by atoms with Gasteiger partial charge in [0.2, 0.25) is 0 Å². The van der Waals surface area contributed by atoms with E-state index in [9.17, 15) is 10.2 Å². The second-order valence-electron chi connectivity index (χ2n) is 14.5. The Hall–Kier alpha value is -0.680. The van der Waals surface area contributed by atoms with Crippen molar-refractivity contribution in [1.29, 1.82) is 0 Å². The van der Waals surface area contributed by atoms with Crippen LogP contribution in [0.4, 0.5) is 0 Å². The van der Waals surface area contributed by atoms with Gasteiger partial charge in [0.1, 0.15) is 5.60 Å². The summed E-state index contributed by atoms with van der Waals surface area (Å²) in [7, 11) is 1.83. The zero-order valence-corrected chi connectivity index (χ0v) is 23.4. The van der Waals surface area contributed by atoms with Crippen LogP contribution >= 0.6 is 0 Å². The van der Waals surface area contributed by atoms with Crippen molar-refractivity contribution in [3.8, 4) is 0 Å². The first kappa shape index (κ1) is 25.9. The molecule has 4 heteroatoms. The lowest BCUT2D eigenvalue weighted by Crippen LogP contribution is -2.65. The molecular weight excluding hydrogens is 436 g/mol. The highest BCUT2D eigenvalue weighted by atomic mass is 16.7. The van der Waals surface area contributed by atoms with Gasteiger partial charge in [0.15, 0.2) is 6.29 Å². The number of aliphatic hydroxyl groups excluding tert-OH is 1. The molecule has 0 aromatic heterocycles. The number of rotatable bonds is 5. The van der Waals surface area contributed by atoms with Gasteiger partial charge in [0.05, 0.1) is 11.7 Å². The molecule has 4 aliphatic carbocycles. The first-order valence-electron chi connectivity index (χ1n) is 14.2. The van der Waals surface area contributed by atoms with Crippen LogP contribution in [0.5, 0.6) is 0 Å². The molecule has 1 saturated heterocycles. The lowest BCUT2D eigenvalue weighted by molar-refractivity contribution is -0.225. The Morgan fingerprint density at radius 2 is 1.80 bits per heavy atom. The summed E-state index contributed by atoms with van der Waals surface area (Å²) >= 11 is 0. The molecule has 2 bridgehead atoms. The maximum atomic E-state index is 11.0. The predicted molar refractivity (Wildman–Crippen MR) is 140 cm³/mol. The van der Waals surface area contributed by atoms with Gasteiger partial charge in [0.25, 0.3) is 0 Å². The second kappa shape index (κ2) is 7.91. The zero-order valence-electron chi connectivity index (χ0n) is 23.4. The van der Waals surface area contributed by atoms with Crippen molar-refractivity contribution < 1.29 is 19.7 Å². The fraction of sp³-hybridized carbons (Fsp3) is 0.871. The summed E-state index contributed by atoms with van der Waals surface area (Å²) in [4.78, 5) is 0. The van der Waals surface area contributed by atoms with Crippen molar-refractivity contribution in [2.45, 2.75) is 117 Å². The van der Waals surface area contributed by atoms with Crippen molar-refractivity contribution in [3.05, 3.63) is 24.3 Å². The number of hydrogen-bond acceptors (Lipinski definition) is 4. The van der Waals surface area contributed by atoms with Gasteiger partial charge in [-0.15, -0.1) is 0 Å². The van der Waals surface area contributed by atoms with Crippen LogP contribution in [0.25, 0.3) is 0 Å². The van der Waals surface area contributed by atoms with E-state index in [4.69, 9.17) is 9.47 Å². The highest BCUT2D eigenvalue weighted by Gasteiger charge is 2.78. The minimum Gasteiger partial charge on any atom is -0.392 e. The van der Waals surface area contributed by atoms with E-state index in [-0.39, 0.29) is 34.1 Å². The first-order chi connectivity index (χ1) is 16.2. The molecule has 5 aliphatic rings. The predicted octanol–water partition coefficient (Wildman–Crippen LogP) is 6.27. The van der Waals surface area contributed by atoms with Crippen LogP contribution in [0.1, 0.15) is 93.4 Å². The molecule has 5 rings (SSSR count). The maximum Gasteiger partial charge on any atom is 0.164 e. The standard InChI is InChI=1S/C31H50O4/c1-20(10-9-15-26(2,3)33)21-13-16-29(7)22-14-17-31-23(11-12-24(32)27(31,4)5)30(22,25(34-8)35-31)19-18-28(21,29)6/h9,14-15,17,20-25,32-33H,10-13,16,18-19H2,1-8H3/b15-9+/t20-,21-,22+,23?,24+,25?,28-,29+,30+,31-/m1/s1. The van der Waals surface area contributed by atoms with E-state index in [0.717, 1.165) is 25.7 Å². The van der Waals surface area contributed by atoms with Crippen LogP contribution in [-0.2, 0) is 9.47 Å². The van der Waals surface area contributed by atoms with E-state index < -0.39 is 11.2 Å². The minimum absolute atomic E-state index is 0.0197. The van der Waals surface area contributed by atoms with Gasteiger partial charge in [-0.1, -0.05) is 58.9 Å². The van der Waals surface area contributed by atoms with Crippen molar-refractivity contribution in [2.75, 3.05) is 7.11 Å². The zero-order chi connectivity index (χ0) is 25.7. The molecule has 1 spiro atoms. The fourth-order valence-electron chi connectivity index (χ4n) is 10.2. The van der Waals surface area contributed by atoms with E-state index in [1.807, 2.05) is 27.0 Å². The van der Waals surface area contributed by atoms with Crippen molar-refractivity contribution >= 4 is 0 Å². The van der Waals surface area contributed by atoms with E-state index in [1.165, 1.54) is 19.3 Å². The van der Waals surface area contributed by atoms with Crippen molar-refractivity contribution in [2.24, 2.45) is 45.3 Å². The van der Waals surface area contributed by atoms with E-state index in [0.29, 0.717) is 23.7 Å². The van der Waals surface area contributed by atoms with Crippen LogP contribution in [-0.4, -0.2) is 40.9 Å². The molecule has 4 fully saturated rings. The summed E-state index contributed by atoms with van der Waals surface area (Å²) in [5, 5.41) is 21.2. The van der Waals surface area contributed by atoms with Gasteiger partial charge in [-0.2, -0.15) is 0 Å². The highest BCUT2D eigenvalue weighted by molar-refractivity contribution is 5.34. The first-order valence-corrected chi connectivity index (χ1v) is 14.2. The molecule has 1 heterocycles. The molecular formula is C31H50O4. The summed E-state index contributed by atoms with van der Waals surface area (Å²) < 4.78 is 13.2. The Bertz CT molecular complexity index is 900. The van der Waals surface area contributed by atoms with E-state index in [2.05, 4.69) is 52.8 Å². The third kappa shape index (κ3) is 3.18. The average Bonchev–Trinajstić information content (AvgIpc) is 3.14. The van der Waals surface area contributed by atoms with Crippen LogP contribution in [0.15, 0.2) is 24.3 Å². The fourth-order valence-corrected chi connectivity index (χ4v) is 10.2. The Balaban J connectivity index is 1.52. The van der Waals surface area contributed by atoms with Crippen LogP contribution in [0.2, 0.25) is 0 Å². The Kier molecular flexibility index (Phi) is 5.87. The Labute approximate surface area is 213 Å². The number of methoxy groups -OCH3 is 1. The Morgan fingerprint density at radius 1 is 1.09 bits per heavy atom. The van der Waals surface area contributed by atoms with E-state index >= 15 is 0 Å². The van der Waals surface area contributed by atoms with Crippen LogP contribution in [0.3, 0.4) is 0 Å². The van der Waals surface area contributed by atoms with Gasteiger partial charge in [-0.3, -0.25) is 0 Å². The monoisotopic (exact) mass is 486 g/mol. The topological polar surface area (TPSA) is 58.9 Å². The highest BCUT2D eigenvalue weighted by Crippen LogP contribution is 2.78. The molecule has 1 aliphatic heterocycles. The molecule has 3 saturated carbocycles. The van der Waals surface area contributed by atoms with Crippen LogP contribution < -0.4 is 0 Å². The number of ether oxygens (including phenoxy) is 2. The smallest absolute Gasteiger partial charge is 0.164 e. The number of allylic oxidation sites excluding steroid dienone is 2. The number of aliphatic hydroxyl groups is 2. The normalized spacial score (nSPS) is 51.2. The van der Waals surface area contributed by atoms with Crippen molar-refractivity contribution in [3.63, 3.8) is 0 Å². The molecule has 35 heavy (non-hydrogen) atoms. The summed E-state index contributed by atoms with van der Waals surface area (Å²) in [5.41, 5.74) is -1.09. The summed E-state index contributed by atoms with van der Waals surface area (Å²) in [6.07, 6.45) is 16.2. The minimum atomic E-state index is -0.747. The van der Waals surface area contributed by atoms with Gasteiger partial charge >= 0.3 is 0 Å². The molecule has 0 radical (unpaired) electrons. The number of fused-ring (bicyclic) bond motifs is 2. The molecule has 10 atom stereocenters. The molecule has 4 nitrogen and oxygen atoms in total. The second-order valence-corrected chi connectivity index (χ2v) is 14.5. The van der Waals surface area contributed by atoms with E-state index in [1.54, 1.807) is 0 Å². The molecule has 198 valence electrons. The number of hydrogen-bond donors (Lipinski definition) is 2. The van der Waals surface area contributed by atoms with Crippen LogP contribution in [0, 0.1) is 45.3 Å². The molecule has 2 unspecified atom stereocenters. The third-order valence-corrected chi connectivity index (χ3v) is 12.4. The summed E-state index contributed by atoms with van der Waals surface area (Å²) in [6.45, 7) is 15.7. The third-order valence-electron chi connectivity index (χ3n) is 12.4. The van der Waals surface area contributed by atoms with Gasteiger partial charge < -0.3 is 19.7 Å².